The summed E-state index contributed by atoms with van der Waals surface area (Å²) in [5.41, 5.74) is 5.44. The van der Waals surface area contributed by atoms with Gasteiger partial charge < -0.3 is 5.32 Å². The number of hydrogen-bond acceptors (Lipinski definition) is 3. The summed E-state index contributed by atoms with van der Waals surface area (Å²) in [6.07, 6.45) is 0. The molecule has 3 aromatic rings. The summed E-state index contributed by atoms with van der Waals surface area (Å²) >= 11 is 6.26. The zero-order chi connectivity index (χ0) is 21.4. The number of rotatable bonds is 4. The molecular formula is C25H21ClN2O2. The molecule has 1 heterocycles. The molecular weight excluding hydrogens is 396 g/mol. The summed E-state index contributed by atoms with van der Waals surface area (Å²) in [5.74, 6) is -0.738. The molecule has 30 heavy (non-hydrogen) atoms. The molecule has 1 N–H and O–H groups in total. The highest BCUT2D eigenvalue weighted by molar-refractivity contribution is 6.46. The topological polar surface area (TPSA) is 49.4 Å². The van der Waals surface area contributed by atoms with Crippen molar-refractivity contribution >= 4 is 40.4 Å². The van der Waals surface area contributed by atoms with E-state index in [4.69, 9.17) is 11.6 Å². The van der Waals surface area contributed by atoms with Gasteiger partial charge in [0.2, 0.25) is 0 Å². The molecule has 0 saturated heterocycles. The highest BCUT2D eigenvalue weighted by atomic mass is 35.5. The molecule has 0 bridgehead atoms. The molecule has 0 fully saturated rings. The van der Waals surface area contributed by atoms with Gasteiger partial charge >= 0.3 is 0 Å². The number of carbonyl (C=O) groups is 2. The standard InChI is InChI=1S/C25H21ClN2O2/c1-15-12-13-19(14-16(15)2)28-24(29)22(18-8-5-4-6-9-18)23(25(28)30)27-21-11-7-10-20(26)17(21)3/h4-14,27H,1-3H3. The van der Waals surface area contributed by atoms with E-state index in [0.29, 0.717) is 27.5 Å². The lowest BCUT2D eigenvalue weighted by molar-refractivity contribution is -0.120. The molecule has 0 saturated carbocycles. The molecule has 0 aromatic heterocycles. The molecule has 0 radical (unpaired) electrons. The fourth-order valence-corrected chi connectivity index (χ4v) is 3.67. The largest absolute Gasteiger partial charge is 0.350 e. The van der Waals surface area contributed by atoms with Crippen LogP contribution in [0.4, 0.5) is 11.4 Å². The van der Waals surface area contributed by atoms with Crippen LogP contribution in [0.1, 0.15) is 22.3 Å². The maximum absolute atomic E-state index is 13.4. The van der Waals surface area contributed by atoms with E-state index >= 15 is 0 Å². The van der Waals surface area contributed by atoms with Crippen molar-refractivity contribution < 1.29 is 9.59 Å². The number of halogens is 1. The molecule has 0 atom stereocenters. The number of nitrogens with one attached hydrogen (secondary N) is 1. The van der Waals surface area contributed by atoms with E-state index < -0.39 is 0 Å². The highest BCUT2D eigenvalue weighted by Crippen LogP contribution is 2.35. The first-order valence-corrected chi connectivity index (χ1v) is 10.0. The van der Waals surface area contributed by atoms with Crippen LogP contribution in [-0.4, -0.2) is 11.8 Å². The van der Waals surface area contributed by atoms with Crippen molar-refractivity contribution in [2.45, 2.75) is 20.8 Å². The number of hydrogen-bond donors (Lipinski definition) is 1. The summed E-state index contributed by atoms with van der Waals surface area (Å²) in [7, 11) is 0. The molecule has 0 unspecified atom stereocenters. The normalized spacial score (nSPS) is 13.9. The van der Waals surface area contributed by atoms with Crippen LogP contribution < -0.4 is 10.2 Å². The van der Waals surface area contributed by atoms with Crippen LogP contribution in [0.3, 0.4) is 0 Å². The van der Waals surface area contributed by atoms with Gasteiger partial charge in [-0.2, -0.15) is 0 Å². The molecule has 0 spiro atoms. The molecule has 3 aromatic carbocycles. The Morgan fingerprint density at radius 2 is 1.53 bits per heavy atom. The number of carbonyl (C=O) groups excluding carboxylic acids is 2. The highest BCUT2D eigenvalue weighted by Gasteiger charge is 2.40. The Hall–Kier alpha value is -3.37. The second kappa shape index (κ2) is 7.81. The predicted octanol–water partition coefficient (Wildman–Crippen LogP) is 5.66. The van der Waals surface area contributed by atoms with E-state index in [9.17, 15) is 9.59 Å². The van der Waals surface area contributed by atoms with Crippen molar-refractivity contribution in [3.05, 3.63) is 99.7 Å². The number of nitrogens with zero attached hydrogens (tertiary/aromatic N) is 1. The quantitative estimate of drug-likeness (QED) is 0.558. The van der Waals surface area contributed by atoms with Crippen molar-refractivity contribution in [2.24, 2.45) is 0 Å². The van der Waals surface area contributed by atoms with Crippen molar-refractivity contribution in [3.63, 3.8) is 0 Å². The number of imide groups is 1. The maximum atomic E-state index is 13.4. The second-order valence-electron chi connectivity index (χ2n) is 7.37. The van der Waals surface area contributed by atoms with E-state index in [0.717, 1.165) is 16.7 Å². The summed E-state index contributed by atoms with van der Waals surface area (Å²) in [6.45, 7) is 5.83. The van der Waals surface area contributed by atoms with E-state index in [1.807, 2.05) is 75.4 Å². The Labute approximate surface area is 180 Å². The summed E-state index contributed by atoms with van der Waals surface area (Å²) in [4.78, 5) is 28.1. The Morgan fingerprint density at radius 1 is 0.800 bits per heavy atom. The van der Waals surface area contributed by atoms with Crippen LogP contribution in [0.25, 0.3) is 5.57 Å². The van der Waals surface area contributed by atoms with Gasteiger partial charge in [0.1, 0.15) is 5.70 Å². The minimum atomic E-state index is -0.388. The summed E-state index contributed by atoms with van der Waals surface area (Å²) < 4.78 is 0. The third kappa shape index (κ3) is 3.40. The summed E-state index contributed by atoms with van der Waals surface area (Å²) in [5, 5.41) is 3.78. The first-order valence-electron chi connectivity index (χ1n) is 9.66. The first kappa shape index (κ1) is 19.9. The minimum absolute atomic E-state index is 0.245. The predicted molar refractivity (Wildman–Crippen MR) is 122 cm³/mol. The lowest BCUT2D eigenvalue weighted by Crippen LogP contribution is -2.32. The number of benzene rings is 3. The van der Waals surface area contributed by atoms with Crippen LogP contribution in [0.5, 0.6) is 0 Å². The number of aryl methyl sites for hydroxylation is 2. The molecule has 4 rings (SSSR count). The minimum Gasteiger partial charge on any atom is -0.350 e. The molecule has 150 valence electrons. The van der Waals surface area contributed by atoms with Crippen molar-refractivity contribution in [1.82, 2.24) is 0 Å². The Bertz CT molecular complexity index is 1200. The van der Waals surface area contributed by atoms with E-state index in [2.05, 4.69) is 5.32 Å². The third-order valence-electron chi connectivity index (χ3n) is 5.42. The Kier molecular flexibility index (Phi) is 5.18. The lowest BCUT2D eigenvalue weighted by atomic mass is 10.0. The molecule has 2 amide bonds. The van der Waals surface area contributed by atoms with Crippen LogP contribution in [0.2, 0.25) is 5.02 Å². The fourth-order valence-electron chi connectivity index (χ4n) is 3.50. The first-order chi connectivity index (χ1) is 14.4. The van der Waals surface area contributed by atoms with Crippen molar-refractivity contribution in [3.8, 4) is 0 Å². The van der Waals surface area contributed by atoms with Crippen LogP contribution in [0.15, 0.2) is 72.4 Å². The molecule has 5 heteroatoms. The molecule has 0 aliphatic carbocycles. The maximum Gasteiger partial charge on any atom is 0.282 e. The van der Waals surface area contributed by atoms with Gasteiger partial charge in [0, 0.05) is 10.7 Å². The Morgan fingerprint density at radius 3 is 2.23 bits per heavy atom. The van der Waals surface area contributed by atoms with E-state index in [1.54, 1.807) is 12.1 Å². The zero-order valence-electron chi connectivity index (χ0n) is 17.0. The second-order valence-corrected chi connectivity index (χ2v) is 7.77. The molecule has 1 aliphatic rings. The smallest absolute Gasteiger partial charge is 0.282 e. The molecule has 4 nitrogen and oxygen atoms in total. The van der Waals surface area contributed by atoms with Gasteiger partial charge in [-0.1, -0.05) is 54.1 Å². The van der Waals surface area contributed by atoms with E-state index in [-0.39, 0.29) is 17.5 Å². The fraction of sp³-hybridized carbons (Fsp3) is 0.120. The van der Waals surface area contributed by atoms with Gasteiger partial charge in [0.05, 0.1) is 11.3 Å². The van der Waals surface area contributed by atoms with Crippen LogP contribution >= 0.6 is 11.6 Å². The van der Waals surface area contributed by atoms with Gasteiger partial charge in [-0.25, -0.2) is 4.90 Å². The van der Waals surface area contributed by atoms with Crippen LogP contribution in [0, 0.1) is 20.8 Å². The van der Waals surface area contributed by atoms with Gasteiger partial charge in [0.25, 0.3) is 11.8 Å². The van der Waals surface area contributed by atoms with E-state index in [1.165, 1.54) is 4.90 Å². The van der Waals surface area contributed by atoms with Gasteiger partial charge in [-0.15, -0.1) is 0 Å². The van der Waals surface area contributed by atoms with Gasteiger partial charge in [-0.05, 0) is 67.3 Å². The van der Waals surface area contributed by atoms with Gasteiger partial charge in [0.15, 0.2) is 0 Å². The average Bonchev–Trinajstić information content (AvgIpc) is 2.98. The zero-order valence-corrected chi connectivity index (χ0v) is 17.7. The molecule has 1 aliphatic heterocycles. The SMILES string of the molecule is Cc1ccc(N2C(=O)C(Nc3cccc(Cl)c3C)=C(c3ccccc3)C2=O)cc1C. The van der Waals surface area contributed by atoms with Crippen molar-refractivity contribution in [2.75, 3.05) is 10.2 Å². The number of amides is 2. The third-order valence-corrected chi connectivity index (χ3v) is 5.83. The van der Waals surface area contributed by atoms with Gasteiger partial charge in [-0.3, -0.25) is 9.59 Å². The number of anilines is 2. The lowest BCUT2D eigenvalue weighted by Gasteiger charge is -2.17. The van der Waals surface area contributed by atoms with Crippen molar-refractivity contribution in [1.29, 1.82) is 0 Å². The Balaban J connectivity index is 1.85. The monoisotopic (exact) mass is 416 g/mol. The summed E-state index contributed by atoms with van der Waals surface area (Å²) in [6, 6.07) is 20.2. The average molecular weight is 417 g/mol. The van der Waals surface area contributed by atoms with Crippen LogP contribution in [-0.2, 0) is 9.59 Å².